The second-order valence-electron chi connectivity index (χ2n) is 3.56. The lowest BCUT2D eigenvalue weighted by Gasteiger charge is -1.93. The third kappa shape index (κ3) is 2.73. The molecule has 3 nitrogen and oxygen atoms in total. The van der Waals surface area contributed by atoms with Gasteiger partial charge in [-0.3, -0.25) is 4.98 Å². The van der Waals surface area contributed by atoms with Crippen molar-refractivity contribution < 1.29 is 4.79 Å². The quantitative estimate of drug-likeness (QED) is 0.814. The first-order valence-corrected chi connectivity index (χ1v) is 5.99. The van der Waals surface area contributed by atoms with Crippen LogP contribution in [0.5, 0.6) is 0 Å². The van der Waals surface area contributed by atoms with Crippen molar-refractivity contribution in [2.45, 2.75) is 19.8 Å². The van der Waals surface area contributed by atoms with Crippen LogP contribution in [0.1, 0.15) is 19.0 Å². The Kier molecular flexibility index (Phi) is 3.41. The number of pyridine rings is 1. The van der Waals surface area contributed by atoms with E-state index in [2.05, 4.69) is 9.97 Å². The van der Waals surface area contributed by atoms with Crippen molar-refractivity contribution in [2.75, 3.05) is 0 Å². The molecule has 0 aliphatic carbocycles. The molecular weight excluding hydrogens is 220 g/mol. The molecule has 0 N–H and O–H groups in total. The third-order valence-corrected chi connectivity index (χ3v) is 3.08. The molecule has 2 rings (SSSR count). The van der Waals surface area contributed by atoms with Crippen LogP contribution >= 0.6 is 11.3 Å². The monoisotopic (exact) mass is 232 g/mol. The van der Waals surface area contributed by atoms with Gasteiger partial charge in [0.05, 0.1) is 11.4 Å². The molecule has 0 bridgehead atoms. The van der Waals surface area contributed by atoms with Gasteiger partial charge in [0.1, 0.15) is 10.8 Å². The Hall–Kier alpha value is -1.55. The first-order chi connectivity index (χ1) is 7.75. The van der Waals surface area contributed by atoms with E-state index in [1.807, 2.05) is 23.6 Å². The van der Waals surface area contributed by atoms with Crippen LogP contribution < -0.4 is 0 Å². The highest BCUT2D eigenvalue weighted by Gasteiger charge is 2.05. The lowest BCUT2D eigenvalue weighted by molar-refractivity contribution is -0.116. The summed E-state index contributed by atoms with van der Waals surface area (Å²) in [6.07, 6.45) is 3.04. The van der Waals surface area contributed by atoms with Gasteiger partial charge in [0.15, 0.2) is 0 Å². The summed E-state index contributed by atoms with van der Waals surface area (Å²) in [4.78, 5) is 19.6. The minimum atomic E-state index is 0.201. The van der Waals surface area contributed by atoms with Crippen molar-refractivity contribution in [3.05, 3.63) is 35.5 Å². The Morgan fingerprint density at radius 2 is 2.31 bits per heavy atom. The lowest BCUT2D eigenvalue weighted by Crippen LogP contribution is -1.94. The fraction of sp³-hybridized carbons (Fsp3) is 0.250. The van der Waals surface area contributed by atoms with Gasteiger partial charge in [0, 0.05) is 18.0 Å². The molecular formula is C12H12N2OS. The second kappa shape index (κ2) is 4.99. The molecule has 16 heavy (non-hydrogen) atoms. The van der Waals surface area contributed by atoms with E-state index in [4.69, 9.17) is 0 Å². The molecule has 0 fully saturated rings. The summed E-state index contributed by atoms with van der Waals surface area (Å²) in [5.41, 5.74) is 1.86. The van der Waals surface area contributed by atoms with Gasteiger partial charge in [0.2, 0.25) is 0 Å². The average Bonchev–Trinajstić information content (AvgIpc) is 2.76. The number of nitrogens with zero attached hydrogens (tertiary/aromatic N) is 2. The summed E-state index contributed by atoms with van der Waals surface area (Å²) in [6, 6.07) is 5.76. The molecule has 0 saturated carbocycles. The van der Waals surface area contributed by atoms with Crippen LogP contribution in [0.3, 0.4) is 0 Å². The van der Waals surface area contributed by atoms with E-state index in [1.54, 1.807) is 24.5 Å². The molecule has 0 spiro atoms. The predicted octanol–water partition coefficient (Wildman–Crippen LogP) is 2.73. The maximum absolute atomic E-state index is 10.9. The number of aryl methyl sites for hydroxylation is 1. The third-order valence-electron chi connectivity index (χ3n) is 2.17. The van der Waals surface area contributed by atoms with E-state index in [0.29, 0.717) is 6.42 Å². The molecule has 0 saturated heterocycles. The summed E-state index contributed by atoms with van der Waals surface area (Å²) >= 11 is 1.57. The van der Waals surface area contributed by atoms with E-state index < -0.39 is 0 Å². The van der Waals surface area contributed by atoms with Crippen LogP contribution in [-0.4, -0.2) is 15.8 Å². The Labute approximate surface area is 98.2 Å². The van der Waals surface area contributed by atoms with Gasteiger partial charge >= 0.3 is 0 Å². The molecule has 0 atom stereocenters. The number of hydrogen-bond donors (Lipinski definition) is 0. The standard InChI is InChI=1S/C12H12N2OS/c1-9(15)5-6-10-8-16-12(14-10)11-4-2-3-7-13-11/h2-4,7-8H,5-6H2,1H3. The molecule has 0 aliphatic rings. The molecule has 2 heterocycles. The van der Waals surface area contributed by atoms with E-state index in [9.17, 15) is 4.79 Å². The zero-order valence-electron chi connectivity index (χ0n) is 9.01. The number of carbonyl (C=O) groups excluding carboxylic acids is 1. The highest BCUT2D eigenvalue weighted by atomic mass is 32.1. The Bertz CT molecular complexity index is 479. The van der Waals surface area contributed by atoms with Gasteiger partial charge in [-0.25, -0.2) is 4.98 Å². The summed E-state index contributed by atoms with van der Waals surface area (Å²) in [7, 11) is 0. The number of aromatic nitrogens is 2. The summed E-state index contributed by atoms with van der Waals surface area (Å²) in [6.45, 7) is 1.60. The number of thiazole rings is 1. The normalized spacial score (nSPS) is 10.3. The van der Waals surface area contributed by atoms with Crippen LogP contribution in [0.15, 0.2) is 29.8 Å². The van der Waals surface area contributed by atoms with E-state index in [1.165, 1.54) is 0 Å². The fourth-order valence-electron chi connectivity index (χ4n) is 1.33. The maximum Gasteiger partial charge on any atom is 0.142 e. The summed E-state index contributed by atoms with van der Waals surface area (Å²) in [5, 5.41) is 2.91. The molecule has 82 valence electrons. The smallest absolute Gasteiger partial charge is 0.142 e. The fourth-order valence-corrected chi connectivity index (χ4v) is 2.16. The van der Waals surface area contributed by atoms with Gasteiger partial charge in [-0.05, 0) is 25.5 Å². The molecule has 0 aromatic carbocycles. The first-order valence-electron chi connectivity index (χ1n) is 5.11. The van der Waals surface area contributed by atoms with Gasteiger partial charge in [0.25, 0.3) is 0 Å². The summed E-state index contributed by atoms with van der Waals surface area (Å²) < 4.78 is 0. The number of carbonyl (C=O) groups is 1. The summed E-state index contributed by atoms with van der Waals surface area (Å²) in [5.74, 6) is 0.201. The Morgan fingerprint density at radius 3 is 3.00 bits per heavy atom. The van der Waals surface area contributed by atoms with Crippen LogP contribution in [0, 0.1) is 0 Å². The topological polar surface area (TPSA) is 42.9 Å². The highest BCUT2D eigenvalue weighted by molar-refractivity contribution is 7.13. The molecule has 4 heteroatoms. The predicted molar refractivity (Wildman–Crippen MR) is 64.3 cm³/mol. The molecule has 0 radical (unpaired) electrons. The van der Waals surface area contributed by atoms with E-state index in [0.717, 1.165) is 22.8 Å². The number of ketones is 1. The van der Waals surface area contributed by atoms with E-state index >= 15 is 0 Å². The zero-order valence-corrected chi connectivity index (χ0v) is 9.83. The molecule has 0 aliphatic heterocycles. The van der Waals surface area contributed by atoms with Gasteiger partial charge in [-0.1, -0.05) is 6.07 Å². The molecule has 0 amide bonds. The van der Waals surface area contributed by atoms with Crippen LogP contribution in [-0.2, 0) is 11.2 Å². The zero-order chi connectivity index (χ0) is 11.4. The van der Waals surface area contributed by atoms with Crippen molar-refractivity contribution in [1.29, 1.82) is 0 Å². The maximum atomic E-state index is 10.9. The second-order valence-corrected chi connectivity index (χ2v) is 4.42. The molecule has 0 unspecified atom stereocenters. The minimum absolute atomic E-state index is 0.201. The van der Waals surface area contributed by atoms with Gasteiger partial charge in [-0.15, -0.1) is 11.3 Å². The van der Waals surface area contributed by atoms with Crippen molar-refractivity contribution in [3.8, 4) is 10.7 Å². The number of rotatable bonds is 4. The average molecular weight is 232 g/mol. The Morgan fingerprint density at radius 1 is 1.44 bits per heavy atom. The minimum Gasteiger partial charge on any atom is -0.300 e. The van der Waals surface area contributed by atoms with Crippen LogP contribution in [0.25, 0.3) is 10.7 Å². The van der Waals surface area contributed by atoms with Gasteiger partial charge in [-0.2, -0.15) is 0 Å². The largest absolute Gasteiger partial charge is 0.300 e. The van der Waals surface area contributed by atoms with Gasteiger partial charge < -0.3 is 4.79 Å². The van der Waals surface area contributed by atoms with E-state index in [-0.39, 0.29) is 5.78 Å². The van der Waals surface area contributed by atoms with Crippen molar-refractivity contribution in [1.82, 2.24) is 9.97 Å². The molecule has 2 aromatic rings. The van der Waals surface area contributed by atoms with Crippen LogP contribution in [0.2, 0.25) is 0 Å². The number of hydrogen-bond acceptors (Lipinski definition) is 4. The van der Waals surface area contributed by atoms with Crippen LogP contribution in [0.4, 0.5) is 0 Å². The lowest BCUT2D eigenvalue weighted by atomic mass is 10.2. The van der Waals surface area contributed by atoms with Crippen molar-refractivity contribution in [3.63, 3.8) is 0 Å². The number of Topliss-reactive ketones (excluding diaryl/α,β-unsaturated/α-hetero) is 1. The first kappa shape index (κ1) is 11.0. The molecule has 2 aromatic heterocycles. The highest BCUT2D eigenvalue weighted by Crippen LogP contribution is 2.21. The Balaban J connectivity index is 2.11. The van der Waals surface area contributed by atoms with Crippen molar-refractivity contribution >= 4 is 17.1 Å². The SMILES string of the molecule is CC(=O)CCc1csc(-c2ccccn2)n1. The van der Waals surface area contributed by atoms with Crippen molar-refractivity contribution in [2.24, 2.45) is 0 Å².